The zero-order chi connectivity index (χ0) is 36.3. The Morgan fingerprint density at radius 2 is 0.857 bits per heavy atom. The first kappa shape index (κ1) is 47.7. The van der Waals surface area contributed by atoms with Gasteiger partial charge in [0.15, 0.2) is 0 Å². The van der Waals surface area contributed by atoms with Crippen LogP contribution in [0.2, 0.25) is 0 Å². The summed E-state index contributed by atoms with van der Waals surface area (Å²) in [5.74, 6) is -0.555. The summed E-state index contributed by atoms with van der Waals surface area (Å²) in [6.45, 7) is 4.50. The molecule has 0 aliphatic carbocycles. The van der Waals surface area contributed by atoms with E-state index in [0.717, 1.165) is 64.2 Å². The van der Waals surface area contributed by atoms with Gasteiger partial charge in [-0.05, 0) is 71.1 Å². The van der Waals surface area contributed by atoms with Crippen molar-refractivity contribution >= 4 is 22.0 Å². The molecule has 0 bridgehead atoms. The lowest BCUT2D eigenvalue weighted by molar-refractivity contribution is -0.142. The summed E-state index contributed by atoms with van der Waals surface area (Å²) < 4.78 is 33.8. The maximum Gasteiger partial charge on any atom is 0.399 e. The van der Waals surface area contributed by atoms with Crippen molar-refractivity contribution in [3.8, 4) is 0 Å². The van der Waals surface area contributed by atoms with Gasteiger partial charge in [0.25, 0.3) is 0 Å². The van der Waals surface area contributed by atoms with E-state index in [-0.39, 0.29) is 24.4 Å². The first-order valence-electron chi connectivity index (χ1n) is 20.2. The zero-order valence-electron chi connectivity index (χ0n) is 32.0. The van der Waals surface area contributed by atoms with Gasteiger partial charge in [-0.15, -0.1) is 0 Å². The summed E-state index contributed by atoms with van der Waals surface area (Å²) >= 11 is 0. The quantitative estimate of drug-likeness (QED) is 0.0386. The summed E-state index contributed by atoms with van der Waals surface area (Å²) in [5, 5.41) is 8.90. The van der Waals surface area contributed by atoms with Crippen molar-refractivity contribution in [3.63, 3.8) is 0 Å². The largest absolute Gasteiger partial charge is 0.399 e. The van der Waals surface area contributed by atoms with E-state index in [1.54, 1.807) is 0 Å². The van der Waals surface area contributed by atoms with Crippen molar-refractivity contribution in [1.29, 1.82) is 0 Å². The minimum absolute atomic E-state index is 0.216. The lowest BCUT2D eigenvalue weighted by Crippen LogP contribution is -2.41. The number of hydrogen-bond donors (Lipinski definition) is 1. The van der Waals surface area contributed by atoms with Crippen LogP contribution in [0.4, 0.5) is 0 Å². The predicted molar refractivity (Wildman–Crippen MR) is 205 cm³/mol. The third-order valence-electron chi connectivity index (χ3n) is 9.37. The standard InChI is InChI=1S/C41H76O7S/c1-4-6-8-10-12-14-16-18-20-22-24-26-28-30-32-34-39(43)41(3,38-48-49(45,46)47-37-36-42)40(44)35-33-31-29-27-25-23-21-19-17-15-13-11-9-7-5-2/h18-21,42H,4-17,22-38H2,1-3H3. The van der Waals surface area contributed by atoms with Crippen molar-refractivity contribution in [2.45, 2.75) is 201 Å². The molecule has 0 aliphatic rings. The third-order valence-corrected chi connectivity index (χ3v) is 10.2. The summed E-state index contributed by atoms with van der Waals surface area (Å²) in [5.41, 5.74) is -1.54. The second kappa shape index (κ2) is 33.8. The van der Waals surface area contributed by atoms with Crippen LogP contribution in [0.25, 0.3) is 0 Å². The Morgan fingerprint density at radius 3 is 1.20 bits per heavy atom. The maximum absolute atomic E-state index is 13.3. The van der Waals surface area contributed by atoms with Crippen molar-refractivity contribution in [1.82, 2.24) is 0 Å². The molecule has 8 heteroatoms. The van der Waals surface area contributed by atoms with Crippen molar-refractivity contribution in [2.75, 3.05) is 19.8 Å². The number of hydrogen-bond acceptors (Lipinski definition) is 7. The smallest absolute Gasteiger partial charge is 0.394 e. The number of aliphatic hydroxyl groups excluding tert-OH is 1. The van der Waals surface area contributed by atoms with Crippen LogP contribution in [0.1, 0.15) is 201 Å². The maximum atomic E-state index is 13.3. The molecule has 0 unspecified atom stereocenters. The van der Waals surface area contributed by atoms with Gasteiger partial charge >= 0.3 is 10.4 Å². The van der Waals surface area contributed by atoms with Gasteiger partial charge < -0.3 is 5.11 Å². The molecule has 0 spiro atoms. The highest BCUT2D eigenvalue weighted by molar-refractivity contribution is 7.81. The SMILES string of the molecule is CCCCCCCCC=CCCCCCCCC(=O)C(C)(COS(=O)(=O)OCCO)C(=O)CCCCCCCC=CCCCCCCCC. The molecule has 0 rings (SSSR count). The predicted octanol–water partition coefficient (Wildman–Crippen LogP) is 11.5. The molecule has 7 nitrogen and oxygen atoms in total. The fraction of sp³-hybridized carbons (Fsp3) is 0.854. The highest BCUT2D eigenvalue weighted by atomic mass is 32.3. The zero-order valence-corrected chi connectivity index (χ0v) is 32.9. The molecule has 1 N–H and O–H groups in total. The summed E-state index contributed by atoms with van der Waals surface area (Å²) in [4.78, 5) is 26.7. The van der Waals surface area contributed by atoms with E-state index in [0.29, 0.717) is 12.8 Å². The first-order chi connectivity index (χ1) is 23.7. The van der Waals surface area contributed by atoms with Gasteiger partial charge in [0.2, 0.25) is 0 Å². The van der Waals surface area contributed by atoms with Crippen molar-refractivity contribution in [3.05, 3.63) is 24.3 Å². The molecule has 0 fully saturated rings. The number of Topliss-reactive ketones (excluding diaryl/α,β-unsaturated/α-hetero) is 2. The fourth-order valence-electron chi connectivity index (χ4n) is 5.94. The van der Waals surface area contributed by atoms with E-state index < -0.39 is 35.6 Å². The van der Waals surface area contributed by atoms with Crippen molar-refractivity contribution < 1.29 is 31.5 Å². The van der Waals surface area contributed by atoms with Gasteiger partial charge in [-0.3, -0.25) is 9.59 Å². The van der Waals surface area contributed by atoms with Crippen molar-refractivity contribution in [2.24, 2.45) is 5.41 Å². The molecule has 0 radical (unpaired) electrons. The Balaban J connectivity index is 4.45. The van der Waals surface area contributed by atoms with E-state index in [1.807, 2.05) is 0 Å². The summed E-state index contributed by atoms with van der Waals surface area (Å²) in [6, 6.07) is 0. The lowest BCUT2D eigenvalue weighted by atomic mass is 9.78. The second-order valence-electron chi connectivity index (χ2n) is 14.1. The normalized spacial score (nSPS) is 13.5. The van der Waals surface area contributed by atoms with E-state index in [2.05, 4.69) is 42.3 Å². The second-order valence-corrected chi connectivity index (χ2v) is 15.4. The number of carbonyl (C=O) groups is 2. The van der Waals surface area contributed by atoms with Gasteiger partial charge in [-0.2, -0.15) is 8.42 Å². The Bertz CT molecular complexity index is 889. The molecule has 0 aliphatic heterocycles. The van der Waals surface area contributed by atoms with Crippen LogP contribution in [0, 0.1) is 5.41 Å². The molecule has 49 heavy (non-hydrogen) atoms. The first-order valence-corrected chi connectivity index (χ1v) is 21.6. The monoisotopic (exact) mass is 713 g/mol. The molecular weight excluding hydrogens is 637 g/mol. The Hall–Kier alpha value is -1.35. The van der Waals surface area contributed by atoms with Gasteiger partial charge in [-0.25, -0.2) is 8.37 Å². The minimum atomic E-state index is -4.42. The topological polar surface area (TPSA) is 107 Å². The molecular formula is C41H76O7S. The molecule has 0 atom stereocenters. The Labute approximate surface area is 302 Å². The number of unbranched alkanes of at least 4 members (excludes halogenated alkanes) is 22. The molecule has 0 aromatic rings. The van der Waals surface area contributed by atoms with Crippen LogP contribution >= 0.6 is 0 Å². The van der Waals surface area contributed by atoms with E-state index in [1.165, 1.54) is 96.8 Å². The molecule has 0 saturated carbocycles. The van der Waals surface area contributed by atoms with E-state index >= 15 is 0 Å². The van der Waals surface area contributed by atoms with Crippen LogP contribution in [0.3, 0.4) is 0 Å². The van der Waals surface area contributed by atoms with Gasteiger partial charge in [-0.1, -0.05) is 141 Å². The number of rotatable bonds is 38. The highest BCUT2D eigenvalue weighted by Crippen LogP contribution is 2.27. The van der Waals surface area contributed by atoms with Crippen LogP contribution in [0.15, 0.2) is 24.3 Å². The van der Waals surface area contributed by atoms with Crippen LogP contribution in [-0.2, 0) is 28.4 Å². The molecule has 0 amide bonds. The lowest BCUT2D eigenvalue weighted by Gasteiger charge is -2.26. The average molecular weight is 713 g/mol. The van der Waals surface area contributed by atoms with E-state index in [4.69, 9.17) is 9.29 Å². The number of aliphatic hydroxyl groups is 1. The highest BCUT2D eigenvalue weighted by Gasteiger charge is 2.41. The number of allylic oxidation sites excluding steroid dienone is 4. The summed E-state index contributed by atoms with van der Waals surface area (Å²) in [6.07, 6.45) is 39.7. The van der Waals surface area contributed by atoms with Gasteiger partial charge in [0, 0.05) is 12.8 Å². The fourth-order valence-corrected chi connectivity index (χ4v) is 6.67. The molecule has 0 heterocycles. The minimum Gasteiger partial charge on any atom is -0.394 e. The van der Waals surface area contributed by atoms with Gasteiger partial charge in [0.05, 0.1) is 19.8 Å². The Kier molecular flexibility index (Phi) is 32.8. The van der Waals surface area contributed by atoms with Crippen LogP contribution in [-0.4, -0.2) is 44.9 Å². The Morgan fingerprint density at radius 1 is 0.531 bits per heavy atom. The number of ketones is 2. The van der Waals surface area contributed by atoms with Crippen LogP contribution in [0.5, 0.6) is 0 Å². The average Bonchev–Trinajstić information content (AvgIpc) is 3.09. The van der Waals surface area contributed by atoms with Gasteiger partial charge in [0.1, 0.15) is 17.0 Å². The third kappa shape index (κ3) is 29.0. The molecule has 288 valence electrons. The van der Waals surface area contributed by atoms with E-state index in [9.17, 15) is 18.0 Å². The number of carbonyl (C=O) groups excluding carboxylic acids is 2. The summed E-state index contributed by atoms with van der Waals surface area (Å²) in [7, 11) is -4.42. The molecule has 0 aromatic carbocycles. The molecule has 0 saturated heterocycles. The molecule has 0 aromatic heterocycles. The van der Waals surface area contributed by atoms with Crippen LogP contribution < -0.4 is 0 Å².